The molecule has 0 amide bonds. The van der Waals surface area contributed by atoms with E-state index in [1.54, 1.807) is 0 Å². The van der Waals surface area contributed by atoms with Crippen LogP contribution in [0.1, 0.15) is 37.0 Å². The highest BCUT2D eigenvalue weighted by Crippen LogP contribution is 2.28. The maximum atomic E-state index is 10.4. The van der Waals surface area contributed by atoms with E-state index in [2.05, 4.69) is 4.90 Å². The normalized spacial score (nSPS) is 17.9. The first-order chi connectivity index (χ1) is 8.70. The smallest absolute Gasteiger partial charge is 0.125 e. The van der Waals surface area contributed by atoms with Crippen molar-refractivity contribution in [1.82, 2.24) is 4.90 Å². The summed E-state index contributed by atoms with van der Waals surface area (Å²) in [6, 6.07) is 6.02. The van der Waals surface area contributed by atoms with Crippen LogP contribution in [-0.2, 0) is 0 Å². The summed E-state index contributed by atoms with van der Waals surface area (Å²) >= 11 is 0. The van der Waals surface area contributed by atoms with Gasteiger partial charge in [0.1, 0.15) is 5.75 Å². The van der Waals surface area contributed by atoms with Crippen molar-refractivity contribution in [2.24, 2.45) is 0 Å². The SMILES string of the molecule is CCOc1ccc(C)cc1C(O)CN1CCCC1. The highest BCUT2D eigenvalue weighted by Gasteiger charge is 2.19. The summed E-state index contributed by atoms with van der Waals surface area (Å²) in [6.45, 7) is 7.56. The summed E-state index contributed by atoms with van der Waals surface area (Å²) < 4.78 is 5.60. The van der Waals surface area contributed by atoms with Crippen LogP contribution in [0.15, 0.2) is 18.2 Å². The first kappa shape index (κ1) is 13.4. The van der Waals surface area contributed by atoms with Crippen molar-refractivity contribution in [3.63, 3.8) is 0 Å². The summed E-state index contributed by atoms with van der Waals surface area (Å²) in [5.74, 6) is 0.815. The Hall–Kier alpha value is -1.06. The molecular formula is C15H23NO2. The number of likely N-dealkylation sites (tertiary alicyclic amines) is 1. The molecule has 1 aromatic rings. The first-order valence-electron chi connectivity index (χ1n) is 6.84. The van der Waals surface area contributed by atoms with Crippen LogP contribution in [0.2, 0.25) is 0 Å². The zero-order chi connectivity index (χ0) is 13.0. The maximum absolute atomic E-state index is 10.4. The van der Waals surface area contributed by atoms with Gasteiger partial charge in [0.05, 0.1) is 12.7 Å². The Kier molecular flexibility index (Phi) is 4.61. The van der Waals surface area contributed by atoms with Gasteiger partial charge in [0.15, 0.2) is 0 Å². The number of aliphatic hydroxyl groups is 1. The van der Waals surface area contributed by atoms with Crippen LogP contribution in [0, 0.1) is 6.92 Å². The minimum atomic E-state index is -0.454. The van der Waals surface area contributed by atoms with Gasteiger partial charge in [-0.2, -0.15) is 0 Å². The quantitative estimate of drug-likeness (QED) is 0.870. The molecule has 3 heteroatoms. The second-order valence-corrected chi connectivity index (χ2v) is 5.00. The van der Waals surface area contributed by atoms with Gasteiger partial charge in [0.25, 0.3) is 0 Å². The molecule has 1 saturated heterocycles. The molecule has 0 saturated carbocycles. The van der Waals surface area contributed by atoms with Crippen LogP contribution < -0.4 is 4.74 Å². The zero-order valence-electron chi connectivity index (χ0n) is 11.4. The lowest BCUT2D eigenvalue weighted by Crippen LogP contribution is -2.25. The van der Waals surface area contributed by atoms with E-state index in [4.69, 9.17) is 4.74 Å². The van der Waals surface area contributed by atoms with Gasteiger partial charge >= 0.3 is 0 Å². The second-order valence-electron chi connectivity index (χ2n) is 5.00. The first-order valence-corrected chi connectivity index (χ1v) is 6.84. The highest BCUT2D eigenvalue weighted by molar-refractivity contribution is 5.38. The van der Waals surface area contributed by atoms with Crippen molar-refractivity contribution in [1.29, 1.82) is 0 Å². The van der Waals surface area contributed by atoms with E-state index in [0.717, 1.165) is 30.0 Å². The average Bonchev–Trinajstić information content (AvgIpc) is 2.84. The van der Waals surface area contributed by atoms with Crippen LogP contribution in [-0.4, -0.2) is 36.2 Å². The summed E-state index contributed by atoms with van der Waals surface area (Å²) in [7, 11) is 0. The van der Waals surface area contributed by atoms with Gasteiger partial charge in [-0.1, -0.05) is 11.6 Å². The lowest BCUT2D eigenvalue weighted by atomic mass is 10.0. The molecule has 2 rings (SSSR count). The molecule has 0 aliphatic carbocycles. The van der Waals surface area contributed by atoms with E-state index < -0.39 is 6.10 Å². The number of benzene rings is 1. The molecule has 18 heavy (non-hydrogen) atoms. The van der Waals surface area contributed by atoms with Gasteiger partial charge in [-0.15, -0.1) is 0 Å². The molecule has 0 radical (unpaired) electrons. The van der Waals surface area contributed by atoms with Gasteiger partial charge in [0, 0.05) is 12.1 Å². The Labute approximate surface area is 109 Å². The van der Waals surface area contributed by atoms with Crippen molar-refractivity contribution < 1.29 is 9.84 Å². The third-order valence-electron chi connectivity index (χ3n) is 3.45. The molecule has 1 aliphatic heterocycles. The van der Waals surface area contributed by atoms with E-state index in [1.165, 1.54) is 12.8 Å². The molecule has 1 fully saturated rings. The van der Waals surface area contributed by atoms with Crippen molar-refractivity contribution in [2.45, 2.75) is 32.8 Å². The van der Waals surface area contributed by atoms with Gasteiger partial charge in [0.2, 0.25) is 0 Å². The lowest BCUT2D eigenvalue weighted by molar-refractivity contribution is 0.122. The number of aryl methyl sites for hydroxylation is 1. The van der Waals surface area contributed by atoms with E-state index in [0.29, 0.717) is 13.2 Å². The molecule has 3 nitrogen and oxygen atoms in total. The molecule has 1 unspecified atom stereocenters. The van der Waals surface area contributed by atoms with E-state index >= 15 is 0 Å². The fourth-order valence-corrected chi connectivity index (χ4v) is 2.52. The summed E-state index contributed by atoms with van der Waals surface area (Å²) in [4.78, 5) is 2.32. The molecule has 1 aliphatic rings. The predicted molar refractivity (Wildman–Crippen MR) is 73.0 cm³/mol. The third kappa shape index (κ3) is 3.24. The number of nitrogens with zero attached hydrogens (tertiary/aromatic N) is 1. The van der Waals surface area contributed by atoms with Gasteiger partial charge < -0.3 is 14.7 Å². The average molecular weight is 249 g/mol. The van der Waals surface area contributed by atoms with Crippen molar-refractivity contribution in [2.75, 3.05) is 26.2 Å². The van der Waals surface area contributed by atoms with Gasteiger partial charge in [-0.3, -0.25) is 0 Å². The molecular weight excluding hydrogens is 226 g/mol. The number of rotatable bonds is 5. The van der Waals surface area contributed by atoms with Gasteiger partial charge in [-0.05, 0) is 51.9 Å². The fourth-order valence-electron chi connectivity index (χ4n) is 2.52. The number of aliphatic hydroxyl groups excluding tert-OH is 1. The number of hydrogen-bond acceptors (Lipinski definition) is 3. The zero-order valence-corrected chi connectivity index (χ0v) is 11.4. The molecule has 1 atom stereocenters. The topological polar surface area (TPSA) is 32.7 Å². The monoisotopic (exact) mass is 249 g/mol. The standard InChI is InChI=1S/C15H23NO2/c1-3-18-15-7-6-12(2)10-13(15)14(17)11-16-8-4-5-9-16/h6-7,10,14,17H,3-5,8-9,11H2,1-2H3. The third-order valence-corrected chi connectivity index (χ3v) is 3.45. The molecule has 1 aromatic carbocycles. The van der Waals surface area contributed by atoms with Crippen molar-refractivity contribution >= 4 is 0 Å². The minimum absolute atomic E-state index is 0.454. The van der Waals surface area contributed by atoms with Gasteiger partial charge in [-0.25, -0.2) is 0 Å². The second kappa shape index (κ2) is 6.21. The Bertz CT molecular complexity index is 386. The van der Waals surface area contributed by atoms with Crippen LogP contribution in [0.4, 0.5) is 0 Å². The molecule has 1 N–H and O–H groups in total. The molecule has 1 heterocycles. The predicted octanol–water partition coefficient (Wildman–Crippen LogP) is 2.52. The highest BCUT2D eigenvalue weighted by atomic mass is 16.5. The number of β-amino-alcohol motifs (C(OH)–C–C–N with tert-alkyl or cyclic N) is 1. The van der Waals surface area contributed by atoms with Crippen LogP contribution in [0.5, 0.6) is 5.75 Å². The van der Waals surface area contributed by atoms with E-state index in [9.17, 15) is 5.11 Å². The fraction of sp³-hybridized carbons (Fsp3) is 0.600. The Balaban J connectivity index is 2.11. The lowest BCUT2D eigenvalue weighted by Gasteiger charge is -2.21. The minimum Gasteiger partial charge on any atom is -0.493 e. The van der Waals surface area contributed by atoms with Crippen LogP contribution in [0.25, 0.3) is 0 Å². The Morgan fingerprint density at radius 1 is 1.33 bits per heavy atom. The summed E-state index contributed by atoms with van der Waals surface area (Å²) in [5.41, 5.74) is 2.08. The Morgan fingerprint density at radius 3 is 2.72 bits per heavy atom. The molecule has 0 spiro atoms. The summed E-state index contributed by atoms with van der Waals surface area (Å²) in [5, 5.41) is 10.4. The molecule has 0 bridgehead atoms. The largest absolute Gasteiger partial charge is 0.493 e. The van der Waals surface area contributed by atoms with Crippen molar-refractivity contribution in [3.8, 4) is 5.75 Å². The van der Waals surface area contributed by atoms with Crippen LogP contribution >= 0.6 is 0 Å². The number of ether oxygens (including phenoxy) is 1. The Morgan fingerprint density at radius 2 is 2.06 bits per heavy atom. The van der Waals surface area contributed by atoms with Crippen LogP contribution in [0.3, 0.4) is 0 Å². The summed E-state index contributed by atoms with van der Waals surface area (Å²) in [6.07, 6.45) is 2.04. The van der Waals surface area contributed by atoms with E-state index in [-0.39, 0.29) is 0 Å². The maximum Gasteiger partial charge on any atom is 0.125 e. The molecule has 0 aromatic heterocycles. The molecule has 100 valence electrons. The number of hydrogen-bond donors (Lipinski definition) is 1. The van der Waals surface area contributed by atoms with E-state index in [1.807, 2.05) is 32.0 Å². The van der Waals surface area contributed by atoms with Crippen molar-refractivity contribution in [3.05, 3.63) is 29.3 Å².